The lowest BCUT2D eigenvalue weighted by molar-refractivity contribution is 0.530. The van der Waals surface area contributed by atoms with Crippen LogP contribution in [0.15, 0.2) is 6.20 Å². The zero-order valence-electron chi connectivity index (χ0n) is 6.95. The minimum atomic E-state index is 0.821. The van der Waals surface area contributed by atoms with Gasteiger partial charge in [0.25, 0.3) is 0 Å². The molecule has 0 fully saturated rings. The van der Waals surface area contributed by atoms with Gasteiger partial charge in [-0.15, -0.1) is 5.10 Å². The van der Waals surface area contributed by atoms with Gasteiger partial charge in [0.1, 0.15) is 0 Å². The number of fused-ring (bicyclic) bond motifs is 2. The molecule has 12 heavy (non-hydrogen) atoms. The van der Waals surface area contributed by atoms with E-state index in [-0.39, 0.29) is 0 Å². The van der Waals surface area contributed by atoms with E-state index >= 15 is 0 Å². The van der Waals surface area contributed by atoms with Crippen LogP contribution in [-0.2, 0) is 13.1 Å². The second-order valence-electron chi connectivity index (χ2n) is 2.90. The van der Waals surface area contributed by atoms with Crippen molar-refractivity contribution in [3.63, 3.8) is 0 Å². The maximum absolute atomic E-state index is 4.02. The summed E-state index contributed by atoms with van der Waals surface area (Å²) in [7, 11) is 0. The number of hydrogen-bond acceptors (Lipinski definition) is 4. The largest absolute Gasteiger partial charge is 0.314 e. The molecule has 0 aliphatic carbocycles. The Morgan fingerprint density at radius 2 is 2.17 bits per heavy atom. The van der Waals surface area contributed by atoms with Gasteiger partial charge in [-0.25, -0.2) is 0 Å². The van der Waals surface area contributed by atoms with E-state index in [9.17, 15) is 0 Å². The lowest BCUT2D eigenvalue weighted by atomic mass is 10.4. The minimum Gasteiger partial charge on any atom is -0.314 e. The number of nitrogens with zero attached hydrogens (tertiary/aromatic N) is 3. The molecule has 0 atom stereocenters. The van der Waals surface area contributed by atoms with Crippen LogP contribution in [0.2, 0.25) is 0 Å². The monoisotopic (exact) mass is 167 g/mol. The molecular weight excluding hydrogens is 154 g/mol. The van der Waals surface area contributed by atoms with Gasteiger partial charge in [0.05, 0.1) is 12.2 Å². The molecule has 1 aromatic heterocycles. The van der Waals surface area contributed by atoms with Gasteiger partial charge < -0.3 is 10.6 Å². The number of hydrogen-bond donors (Lipinski definition) is 2. The third kappa shape index (κ3) is 1.80. The standard InChI is InChI=1S/C7H13N5/c1-2-9-5-7-6-12(11-10-7)4-3-8-1/h6,8-9H,1-5H2. The molecule has 5 heteroatoms. The van der Waals surface area contributed by atoms with E-state index in [0.717, 1.165) is 38.4 Å². The lowest BCUT2D eigenvalue weighted by Crippen LogP contribution is -2.30. The van der Waals surface area contributed by atoms with Crippen molar-refractivity contribution < 1.29 is 0 Å². The molecule has 0 saturated carbocycles. The molecule has 0 aromatic carbocycles. The third-order valence-corrected chi connectivity index (χ3v) is 1.89. The van der Waals surface area contributed by atoms with Crippen LogP contribution in [0.3, 0.4) is 0 Å². The Morgan fingerprint density at radius 1 is 1.25 bits per heavy atom. The number of aromatic nitrogens is 3. The predicted octanol–water partition coefficient (Wildman–Crippen LogP) is -1.03. The summed E-state index contributed by atoms with van der Waals surface area (Å²) >= 11 is 0. The SMILES string of the molecule is c1c2nnn1CCNCCNC2. The average molecular weight is 167 g/mol. The highest BCUT2D eigenvalue weighted by Gasteiger charge is 2.01. The molecule has 2 bridgehead atoms. The lowest BCUT2D eigenvalue weighted by Gasteiger charge is -2.06. The first-order valence-electron chi connectivity index (χ1n) is 4.25. The second kappa shape index (κ2) is 3.64. The molecular formula is C7H13N5. The maximum atomic E-state index is 4.02. The van der Waals surface area contributed by atoms with E-state index < -0.39 is 0 Å². The summed E-state index contributed by atoms with van der Waals surface area (Å²) in [4.78, 5) is 0. The van der Waals surface area contributed by atoms with Crippen LogP contribution in [0.5, 0.6) is 0 Å². The Labute approximate surface area is 71.1 Å². The molecule has 0 unspecified atom stereocenters. The molecule has 5 nitrogen and oxygen atoms in total. The smallest absolute Gasteiger partial charge is 0.0964 e. The van der Waals surface area contributed by atoms with E-state index in [2.05, 4.69) is 20.9 Å². The van der Waals surface area contributed by atoms with Crippen molar-refractivity contribution in [3.05, 3.63) is 11.9 Å². The Kier molecular flexibility index (Phi) is 2.33. The van der Waals surface area contributed by atoms with Gasteiger partial charge in [-0.2, -0.15) is 0 Å². The van der Waals surface area contributed by atoms with Crippen LogP contribution in [-0.4, -0.2) is 34.6 Å². The van der Waals surface area contributed by atoms with Gasteiger partial charge in [-0.1, -0.05) is 5.21 Å². The van der Waals surface area contributed by atoms with Gasteiger partial charge in [-0.3, -0.25) is 4.68 Å². The normalized spacial score (nSPS) is 19.0. The van der Waals surface area contributed by atoms with E-state index in [4.69, 9.17) is 0 Å². The van der Waals surface area contributed by atoms with Crippen molar-refractivity contribution in [2.24, 2.45) is 0 Å². The second-order valence-corrected chi connectivity index (χ2v) is 2.90. The van der Waals surface area contributed by atoms with Gasteiger partial charge in [0.15, 0.2) is 0 Å². The van der Waals surface area contributed by atoms with Crippen LogP contribution in [0, 0.1) is 0 Å². The molecule has 2 heterocycles. The summed E-state index contributed by atoms with van der Waals surface area (Å²) in [5.74, 6) is 0. The first kappa shape index (κ1) is 7.70. The molecule has 2 N–H and O–H groups in total. The topological polar surface area (TPSA) is 54.8 Å². The third-order valence-electron chi connectivity index (χ3n) is 1.89. The maximum Gasteiger partial charge on any atom is 0.0964 e. The van der Waals surface area contributed by atoms with Crippen LogP contribution in [0.1, 0.15) is 5.69 Å². The highest BCUT2D eigenvalue weighted by Crippen LogP contribution is 1.92. The fourth-order valence-electron chi connectivity index (χ4n) is 1.24. The fraction of sp³-hybridized carbons (Fsp3) is 0.714. The molecule has 1 aliphatic rings. The predicted molar refractivity (Wildman–Crippen MR) is 44.6 cm³/mol. The van der Waals surface area contributed by atoms with Crippen molar-refractivity contribution in [2.75, 3.05) is 19.6 Å². The average Bonchev–Trinajstić information content (AvgIpc) is 2.51. The van der Waals surface area contributed by atoms with E-state index in [1.54, 1.807) is 0 Å². The molecule has 0 amide bonds. The molecule has 2 rings (SSSR count). The molecule has 0 radical (unpaired) electrons. The Bertz CT molecular complexity index is 221. The summed E-state index contributed by atoms with van der Waals surface area (Å²) in [5, 5.41) is 14.6. The zero-order chi connectivity index (χ0) is 8.23. The van der Waals surface area contributed by atoms with Crippen LogP contribution < -0.4 is 10.6 Å². The summed E-state index contributed by atoms with van der Waals surface area (Å²) in [6.07, 6.45) is 1.99. The van der Waals surface area contributed by atoms with Gasteiger partial charge in [-0.05, 0) is 0 Å². The summed E-state index contributed by atoms with van der Waals surface area (Å²) in [5.41, 5.74) is 1.02. The summed E-state index contributed by atoms with van der Waals surface area (Å²) in [6, 6.07) is 0. The van der Waals surface area contributed by atoms with Gasteiger partial charge in [0, 0.05) is 32.4 Å². The first-order chi connectivity index (χ1) is 5.95. The zero-order valence-corrected chi connectivity index (χ0v) is 6.95. The van der Waals surface area contributed by atoms with Crippen molar-refractivity contribution >= 4 is 0 Å². The quantitative estimate of drug-likeness (QED) is 0.519. The molecule has 0 saturated heterocycles. The summed E-state index contributed by atoms with van der Waals surface area (Å²) in [6.45, 7) is 4.70. The summed E-state index contributed by atoms with van der Waals surface area (Å²) < 4.78 is 1.87. The van der Waals surface area contributed by atoms with Crippen molar-refractivity contribution in [2.45, 2.75) is 13.1 Å². The van der Waals surface area contributed by atoms with Gasteiger partial charge >= 0.3 is 0 Å². The molecule has 66 valence electrons. The van der Waals surface area contributed by atoms with Crippen molar-refractivity contribution in [3.8, 4) is 0 Å². The first-order valence-corrected chi connectivity index (χ1v) is 4.25. The van der Waals surface area contributed by atoms with E-state index in [0.29, 0.717) is 0 Å². The fourth-order valence-corrected chi connectivity index (χ4v) is 1.24. The van der Waals surface area contributed by atoms with Crippen molar-refractivity contribution in [1.29, 1.82) is 0 Å². The Balaban J connectivity index is 2.06. The molecule has 1 aromatic rings. The van der Waals surface area contributed by atoms with Crippen LogP contribution >= 0.6 is 0 Å². The molecule has 0 spiro atoms. The Hall–Kier alpha value is -0.940. The van der Waals surface area contributed by atoms with Crippen LogP contribution in [0.4, 0.5) is 0 Å². The Morgan fingerprint density at radius 3 is 3.17 bits per heavy atom. The van der Waals surface area contributed by atoms with Gasteiger partial charge in [0.2, 0.25) is 0 Å². The van der Waals surface area contributed by atoms with Crippen LogP contribution in [0.25, 0.3) is 0 Å². The minimum absolute atomic E-state index is 0.821. The van der Waals surface area contributed by atoms with Crippen molar-refractivity contribution in [1.82, 2.24) is 25.6 Å². The number of rotatable bonds is 0. The van der Waals surface area contributed by atoms with E-state index in [1.807, 2.05) is 10.9 Å². The molecule has 1 aliphatic heterocycles. The highest BCUT2D eigenvalue weighted by molar-refractivity contribution is 4.91. The number of nitrogens with one attached hydrogen (secondary N) is 2. The highest BCUT2D eigenvalue weighted by atomic mass is 15.4. The van der Waals surface area contributed by atoms with E-state index in [1.165, 1.54) is 0 Å².